The quantitative estimate of drug-likeness (QED) is 0.488. The van der Waals surface area contributed by atoms with E-state index in [1.807, 2.05) is 13.8 Å². The van der Waals surface area contributed by atoms with Gasteiger partial charge in [0, 0.05) is 36.7 Å². The fourth-order valence-corrected chi connectivity index (χ4v) is 8.59. The van der Waals surface area contributed by atoms with Crippen LogP contribution in [-0.2, 0) is 23.9 Å². The lowest BCUT2D eigenvalue weighted by Crippen LogP contribution is -2.66. The van der Waals surface area contributed by atoms with Gasteiger partial charge in [0.05, 0.1) is 11.0 Å². The molecule has 8 heteroatoms. The van der Waals surface area contributed by atoms with E-state index < -0.39 is 58.0 Å². The Labute approximate surface area is 217 Å². The Morgan fingerprint density at radius 2 is 1.78 bits per heavy atom. The third-order valence-electron chi connectivity index (χ3n) is 11.1. The number of fused-ring (bicyclic) bond motifs is 5. The summed E-state index contributed by atoms with van der Waals surface area (Å²) in [5.41, 5.74) is -3.59. The van der Waals surface area contributed by atoms with Gasteiger partial charge >= 0.3 is 5.97 Å². The topological polar surface area (TPSA) is 138 Å². The molecule has 0 saturated heterocycles. The van der Waals surface area contributed by atoms with Crippen LogP contribution in [0.5, 0.6) is 0 Å². The number of carbonyl (C=O) groups excluding carboxylic acids is 4. The van der Waals surface area contributed by atoms with Crippen molar-refractivity contribution in [3.05, 3.63) is 22.8 Å². The van der Waals surface area contributed by atoms with Gasteiger partial charge < -0.3 is 20.1 Å². The van der Waals surface area contributed by atoms with Crippen LogP contribution in [-0.4, -0.2) is 62.0 Å². The molecule has 0 amide bonds. The summed E-state index contributed by atoms with van der Waals surface area (Å²) in [7, 11) is 0. The highest BCUT2D eigenvalue weighted by Gasteiger charge is 2.72. The molecule has 0 aromatic rings. The van der Waals surface area contributed by atoms with E-state index in [1.54, 1.807) is 20.8 Å². The number of carbonyl (C=O) groups is 4. The molecule has 5 aliphatic rings. The summed E-state index contributed by atoms with van der Waals surface area (Å²) >= 11 is 0. The minimum Gasteiger partial charge on any atom is -0.456 e. The van der Waals surface area contributed by atoms with Crippen LogP contribution in [0.15, 0.2) is 22.8 Å². The van der Waals surface area contributed by atoms with Gasteiger partial charge in [-0.05, 0) is 69.4 Å². The first-order valence-electron chi connectivity index (χ1n) is 13.5. The van der Waals surface area contributed by atoms with Gasteiger partial charge in [-0.2, -0.15) is 0 Å². The molecule has 0 aromatic carbocycles. The molecule has 9 atom stereocenters. The maximum atomic E-state index is 14.0. The zero-order chi connectivity index (χ0) is 27.3. The summed E-state index contributed by atoms with van der Waals surface area (Å²) < 4.78 is 5.66. The summed E-state index contributed by atoms with van der Waals surface area (Å²) in [6.45, 7) is 8.75. The number of hydrogen-bond acceptors (Lipinski definition) is 8. The number of aliphatic hydroxyl groups excluding tert-OH is 1. The molecular formula is C29H38O8. The van der Waals surface area contributed by atoms with E-state index in [9.17, 15) is 34.5 Å². The average molecular weight is 515 g/mol. The minimum atomic E-state index is -1.67. The summed E-state index contributed by atoms with van der Waals surface area (Å²) in [6.07, 6.45) is 0.887. The number of hydrogen-bond donors (Lipinski definition) is 3. The fraction of sp³-hybridized carbons (Fsp3) is 0.724. The Bertz CT molecular complexity index is 1160. The molecule has 0 radical (unpaired) electrons. The molecule has 0 spiro atoms. The lowest BCUT2D eigenvalue weighted by Gasteiger charge is -2.59. The van der Waals surface area contributed by atoms with Crippen LogP contribution in [0.3, 0.4) is 0 Å². The van der Waals surface area contributed by atoms with Crippen LogP contribution in [0.1, 0.15) is 79.6 Å². The summed E-state index contributed by atoms with van der Waals surface area (Å²) in [5, 5.41) is 34.6. The second-order valence-corrected chi connectivity index (χ2v) is 12.7. The summed E-state index contributed by atoms with van der Waals surface area (Å²) in [4.78, 5) is 52.2. The number of ketones is 3. The zero-order valence-electron chi connectivity index (χ0n) is 22.3. The normalized spacial score (nSPS) is 45.5. The van der Waals surface area contributed by atoms with E-state index in [-0.39, 0.29) is 43.0 Å². The van der Waals surface area contributed by atoms with E-state index in [2.05, 4.69) is 0 Å². The van der Waals surface area contributed by atoms with Crippen LogP contribution in [0, 0.1) is 28.6 Å². The van der Waals surface area contributed by atoms with Crippen molar-refractivity contribution in [2.24, 2.45) is 28.6 Å². The van der Waals surface area contributed by atoms with Crippen molar-refractivity contribution in [2.75, 3.05) is 0 Å². The van der Waals surface area contributed by atoms with Crippen molar-refractivity contribution in [3.63, 3.8) is 0 Å². The Hall–Kier alpha value is -2.16. The molecule has 1 aliphatic heterocycles. The van der Waals surface area contributed by atoms with Crippen molar-refractivity contribution < 1.29 is 39.2 Å². The van der Waals surface area contributed by atoms with Crippen LogP contribution in [0.4, 0.5) is 0 Å². The van der Waals surface area contributed by atoms with Crippen LogP contribution < -0.4 is 0 Å². The number of esters is 1. The highest BCUT2D eigenvalue weighted by Crippen LogP contribution is 2.67. The standard InChI is InChI=1S/C29H38O8/c1-6-15-9-24(37-25(34)14(15)2)28(5,35)22-7-8-29(36)17-10-19(30)18-11-20(31)21(32)13-26(18,3)16(17)12-23(33)27(22,29)4/h10,16,18,21-22,24,32,35-36H,6-9,11-13H2,1-5H3/t16?,18-,21-,22-,24+,26+,27-,28+,29+/m0/s1. The van der Waals surface area contributed by atoms with E-state index in [1.165, 1.54) is 6.08 Å². The first-order chi connectivity index (χ1) is 17.1. The maximum Gasteiger partial charge on any atom is 0.334 e. The Balaban J connectivity index is 1.55. The number of allylic oxidation sites excluding steroid dienone is 1. The third kappa shape index (κ3) is 3.31. The van der Waals surface area contributed by atoms with Crippen LogP contribution in [0.2, 0.25) is 0 Å². The van der Waals surface area contributed by atoms with Crippen LogP contribution in [0.25, 0.3) is 0 Å². The highest BCUT2D eigenvalue weighted by molar-refractivity contribution is 6.01. The van der Waals surface area contributed by atoms with Gasteiger partial charge in [0.1, 0.15) is 23.6 Å². The predicted molar refractivity (Wildman–Crippen MR) is 132 cm³/mol. The van der Waals surface area contributed by atoms with Gasteiger partial charge in [-0.15, -0.1) is 0 Å². The second-order valence-electron chi connectivity index (χ2n) is 12.7. The van der Waals surface area contributed by atoms with Gasteiger partial charge in [-0.1, -0.05) is 19.4 Å². The summed E-state index contributed by atoms with van der Waals surface area (Å²) in [5.74, 6) is -3.17. The molecule has 3 N–H and O–H groups in total. The fourth-order valence-electron chi connectivity index (χ4n) is 8.59. The number of aliphatic hydroxyl groups is 3. The molecule has 3 saturated carbocycles. The molecule has 1 heterocycles. The first-order valence-corrected chi connectivity index (χ1v) is 13.5. The molecule has 0 bridgehead atoms. The lowest BCUT2D eigenvalue weighted by molar-refractivity contribution is -0.191. The van der Waals surface area contributed by atoms with Crippen molar-refractivity contribution in [3.8, 4) is 0 Å². The largest absolute Gasteiger partial charge is 0.456 e. The molecule has 202 valence electrons. The Morgan fingerprint density at radius 3 is 2.43 bits per heavy atom. The van der Waals surface area contributed by atoms with Gasteiger partial charge in [-0.25, -0.2) is 4.79 Å². The number of rotatable bonds is 3. The Kier molecular flexibility index (Phi) is 5.84. The number of cyclic esters (lactones) is 1. The summed E-state index contributed by atoms with van der Waals surface area (Å²) in [6, 6.07) is 0. The van der Waals surface area contributed by atoms with Crippen LogP contribution >= 0.6 is 0 Å². The van der Waals surface area contributed by atoms with Crippen molar-refractivity contribution in [2.45, 2.75) is 103 Å². The predicted octanol–water partition coefficient (Wildman–Crippen LogP) is 2.37. The van der Waals surface area contributed by atoms with Gasteiger partial charge in [0.2, 0.25) is 0 Å². The first kappa shape index (κ1) is 26.4. The van der Waals surface area contributed by atoms with Crippen molar-refractivity contribution in [1.82, 2.24) is 0 Å². The van der Waals surface area contributed by atoms with E-state index in [4.69, 9.17) is 4.74 Å². The molecule has 1 unspecified atom stereocenters. The SMILES string of the molecule is CCC1=C(C)C(=O)O[C@@H]([C@](C)(O)[C@H]2CC[C@@]3(O)C4=CC(=O)[C@@H]5CC(=O)[C@@H](O)C[C@]5(C)C4CC(=O)[C@]23C)C1. The van der Waals surface area contributed by atoms with Gasteiger partial charge in [-0.3, -0.25) is 14.4 Å². The monoisotopic (exact) mass is 514 g/mol. The highest BCUT2D eigenvalue weighted by atomic mass is 16.6. The van der Waals surface area contributed by atoms with Gasteiger partial charge in [0.25, 0.3) is 0 Å². The molecule has 5 rings (SSSR count). The molecule has 8 nitrogen and oxygen atoms in total. The van der Waals surface area contributed by atoms with Crippen molar-refractivity contribution in [1.29, 1.82) is 0 Å². The van der Waals surface area contributed by atoms with E-state index in [0.717, 1.165) is 5.57 Å². The minimum absolute atomic E-state index is 0.0437. The molecular weight excluding hydrogens is 476 g/mol. The van der Waals surface area contributed by atoms with E-state index in [0.29, 0.717) is 30.4 Å². The van der Waals surface area contributed by atoms with Crippen molar-refractivity contribution >= 4 is 23.3 Å². The smallest absolute Gasteiger partial charge is 0.334 e. The molecule has 37 heavy (non-hydrogen) atoms. The van der Waals surface area contributed by atoms with E-state index >= 15 is 0 Å². The zero-order valence-corrected chi connectivity index (χ0v) is 22.3. The molecule has 0 aromatic heterocycles. The number of Topliss-reactive ketones (excluding diaryl/α,β-unsaturated/α-hetero) is 2. The Morgan fingerprint density at radius 1 is 1.11 bits per heavy atom. The average Bonchev–Trinajstić information content (AvgIpc) is 3.12. The van der Waals surface area contributed by atoms with Gasteiger partial charge in [0.15, 0.2) is 11.6 Å². The number of ether oxygens (including phenoxy) is 1. The lowest BCUT2D eigenvalue weighted by atomic mass is 9.45. The third-order valence-corrected chi connectivity index (χ3v) is 11.1. The second kappa shape index (κ2) is 8.17. The molecule has 4 aliphatic carbocycles. The maximum absolute atomic E-state index is 14.0. The molecule has 3 fully saturated rings.